The molecule has 0 bridgehead atoms. The SMILES string of the molecule is CCn1ncc(COc2ccc(Br)c3c2C(CN2Cc4ccccc4C2=O)N(C(=O)C2CCCCC2C(=O)O)CC3)n1. The zero-order valence-corrected chi connectivity index (χ0v) is 25.1. The molecule has 3 heterocycles. The summed E-state index contributed by atoms with van der Waals surface area (Å²) in [5.41, 5.74) is 4.19. The van der Waals surface area contributed by atoms with Crippen LogP contribution in [0.15, 0.2) is 47.1 Å². The monoisotopic (exact) mass is 635 g/mol. The maximum absolute atomic E-state index is 14.3. The summed E-state index contributed by atoms with van der Waals surface area (Å²) in [7, 11) is 0. The Morgan fingerprint density at radius 2 is 1.90 bits per heavy atom. The van der Waals surface area contributed by atoms with E-state index in [1.807, 2.05) is 48.2 Å². The maximum Gasteiger partial charge on any atom is 0.307 e. The minimum Gasteiger partial charge on any atom is -0.487 e. The summed E-state index contributed by atoms with van der Waals surface area (Å²) in [5.74, 6) is -1.82. The molecule has 3 unspecified atom stereocenters. The quantitative estimate of drug-likeness (QED) is 0.384. The Morgan fingerprint density at radius 1 is 1.12 bits per heavy atom. The van der Waals surface area contributed by atoms with E-state index >= 15 is 0 Å². The minimum absolute atomic E-state index is 0.0696. The molecule has 6 rings (SSSR count). The number of amides is 2. The molecule has 10 nitrogen and oxygen atoms in total. The van der Waals surface area contributed by atoms with Crippen LogP contribution in [0, 0.1) is 11.8 Å². The van der Waals surface area contributed by atoms with Crippen LogP contribution in [0.25, 0.3) is 0 Å². The number of hydrogen-bond donors (Lipinski definition) is 1. The van der Waals surface area contributed by atoms with E-state index in [0.29, 0.717) is 55.9 Å². The van der Waals surface area contributed by atoms with E-state index in [1.165, 1.54) is 0 Å². The molecule has 42 heavy (non-hydrogen) atoms. The third kappa shape index (κ3) is 5.30. The minimum atomic E-state index is -0.918. The van der Waals surface area contributed by atoms with Crippen molar-refractivity contribution in [1.82, 2.24) is 24.8 Å². The predicted octanol–water partition coefficient (Wildman–Crippen LogP) is 4.61. The van der Waals surface area contributed by atoms with E-state index in [-0.39, 0.29) is 25.0 Å². The summed E-state index contributed by atoms with van der Waals surface area (Å²) < 4.78 is 7.26. The number of hydrogen-bond acceptors (Lipinski definition) is 6. The fourth-order valence-corrected chi connectivity index (χ4v) is 7.21. The Balaban J connectivity index is 1.37. The van der Waals surface area contributed by atoms with Crippen LogP contribution in [0.3, 0.4) is 0 Å². The summed E-state index contributed by atoms with van der Waals surface area (Å²) >= 11 is 3.72. The Hall–Kier alpha value is -3.73. The lowest BCUT2D eigenvalue weighted by Crippen LogP contribution is -2.50. The number of carbonyl (C=O) groups is 3. The van der Waals surface area contributed by atoms with Crippen LogP contribution in [-0.4, -0.2) is 60.8 Å². The van der Waals surface area contributed by atoms with E-state index < -0.39 is 23.8 Å². The molecule has 2 amide bonds. The van der Waals surface area contributed by atoms with Gasteiger partial charge < -0.3 is 19.6 Å². The van der Waals surface area contributed by atoms with Crippen molar-refractivity contribution in [3.05, 3.63) is 75.0 Å². The van der Waals surface area contributed by atoms with Gasteiger partial charge in [-0.05, 0) is 55.5 Å². The Morgan fingerprint density at radius 3 is 2.64 bits per heavy atom. The van der Waals surface area contributed by atoms with Crippen molar-refractivity contribution in [3.63, 3.8) is 0 Å². The summed E-state index contributed by atoms with van der Waals surface area (Å²) in [6, 6.07) is 10.9. The molecule has 220 valence electrons. The second-order valence-electron chi connectivity index (χ2n) is 11.2. The van der Waals surface area contributed by atoms with Gasteiger partial charge in [-0.3, -0.25) is 14.4 Å². The van der Waals surface area contributed by atoms with Crippen LogP contribution in [0.5, 0.6) is 5.75 Å². The molecule has 11 heteroatoms. The lowest BCUT2D eigenvalue weighted by Gasteiger charge is -2.43. The van der Waals surface area contributed by atoms with Gasteiger partial charge in [0, 0.05) is 35.2 Å². The highest BCUT2D eigenvalue weighted by Gasteiger charge is 2.44. The summed E-state index contributed by atoms with van der Waals surface area (Å²) in [6.07, 6.45) is 4.94. The normalized spacial score (nSPS) is 21.7. The second-order valence-corrected chi connectivity index (χ2v) is 12.1. The summed E-state index contributed by atoms with van der Waals surface area (Å²) in [4.78, 5) is 45.1. The molecule has 3 atom stereocenters. The first-order valence-corrected chi connectivity index (χ1v) is 15.4. The number of fused-ring (bicyclic) bond motifs is 2. The van der Waals surface area contributed by atoms with Crippen molar-refractivity contribution in [1.29, 1.82) is 0 Å². The maximum atomic E-state index is 14.3. The smallest absolute Gasteiger partial charge is 0.307 e. The number of rotatable bonds is 8. The molecule has 0 spiro atoms. The van der Waals surface area contributed by atoms with Crippen molar-refractivity contribution < 1.29 is 24.2 Å². The van der Waals surface area contributed by atoms with Crippen molar-refractivity contribution in [2.75, 3.05) is 13.1 Å². The van der Waals surface area contributed by atoms with Crippen LogP contribution >= 0.6 is 15.9 Å². The molecule has 3 aromatic rings. The van der Waals surface area contributed by atoms with Gasteiger partial charge in [-0.2, -0.15) is 15.0 Å². The van der Waals surface area contributed by atoms with Gasteiger partial charge in [-0.1, -0.05) is 47.0 Å². The molecule has 2 aliphatic heterocycles. The number of ether oxygens (including phenoxy) is 1. The van der Waals surface area contributed by atoms with Gasteiger partial charge in [0.1, 0.15) is 18.1 Å². The zero-order valence-electron chi connectivity index (χ0n) is 23.5. The molecular weight excluding hydrogens is 602 g/mol. The molecule has 1 aliphatic carbocycles. The van der Waals surface area contributed by atoms with Gasteiger partial charge in [0.05, 0.1) is 30.6 Å². The van der Waals surface area contributed by atoms with E-state index in [0.717, 1.165) is 34.0 Å². The van der Waals surface area contributed by atoms with Gasteiger partial charge in [-0.25, -0.2) is 0 Å². The number of nitrogens with zero attached hydrogens (tertiary/aromatic N) is 5. The average Bonchev–Trinajstić information content (AvgIpc) is 3.60. The second kappa shape index (κ2) is 11.9. The van der Waals surface area contributed by atoms with Gasteiger partial charge in [0.25, 0.3) is 5.91 Å². The number of aromatic nitrogens is 3. The fraction of sp³-hybridized carbons (Fsp3) is 0.452. The highest BCUT2D eigenvalue weighted by Crippen LogP contribution is 2.43. The van der Waals surface area contributed by atoms with E-state index in [1.54, 1.807) is 15.9 Å². The first kappa shape index (κ1) is 28.4. The number of carbonyl (C=O) groups excluding carboxylic acids is 2. The predicted molar refractivity (Wildman–Crippen MR) is 157 cm³/mol. The molecule has 0 radical (unpaired) electrons. The van der Waals surface area contributed by atoms with Crippen LogP contribution in [-0.2, 0) is 35.7 Å². The van der Waals surface area contributed by atoms with Crippen LogP contribution in [0.1, 0.15) is 71.4 Å². The van der Waals surface area contributed by atoms with E-state index in [4.69, 9.17) is 4.74 Å². The number of halogens is 1. The van der Waals surface area contributed by atoms with Gasteiger partial charge in [-0.15, -0.1) is 0 Å². The lowest BCUT2D eigenvalue weighted by atomic mass is 9.77. The van der Waals surface area contributed by atoms with Crippen molar-refractivity contribution in [2.24, 2.45) is 11.8 Å². The number of carboxylic acid groups (broad SMARTS) is 1. The number of carboxylic acids is 1. The molecule has 1 saturated carbocycles. The summed E-state index contributed by atoms with van der Waals surface area (Å²) in [5, 5.41) is 18.6. The first-order valence-electron chi connectivity index (χ1n) is 14.6. The Kier molecular flexibility index (Phi) is 8.02. The highest BCUT2D eigenvalue weighted by molar-refractivity contribution is 9.10. The van der Waals surface area contributed by atoms with Crippen molar-refractivity contribution in [2.45, 2.75) is 64.8 Å². The van der Waals surface area contributed by atoms with Crippen molar-refractivity contribution in [3.8, 4) is 5.75 Å². The Labute approximate surface area is 252 Å². The molecule has 3 aliphatic rings. The van der Waals surface area contributed by atoms with Gasteiger partial charge >= 0.3 is 5.97 Å². The third-order valence-electron chi connectivity index (χ3n) is 8.79. The topological polar surface area (TPSA) is 118 Å². The fourth-order valence-electron chi connectivity index (χ4n) is 6.67. The first-order chi connectivity index (χ1) is 20.4. The number of benzene rings is 2. The summed E-state index contributed by atoms with van der Waals surface area (Å²) in [6.45, 7) is 3.97. The molecule has 1 N–H and O–H groups in total. The average molecular weight is 637 g/mol. The molecular formula is C31H34BrN5O5. The van der Waals surface area contributed by atoms with Gasteiger partial charge in [0.15, 0.2) is 0 Å². The standard InChI is InChI=1S/C31H34BrN5O5/c1-2-37-33-15-20(34-37)18-42-27-12-11-25(32)24-13-14-36(30(39)22-9-5-6-10-23(22)31(40)41)26(28(24)27)17-35-16-19-7-3-4-8-21(19)29(35)38/h3-4,7-8,11-12,15,22-23,26H,2,5-6,9-10,13-14,16-18H2,1H3,(H,40,41). The largest absolute Gasteiger partial charge is 0.487 e. The van der Waals surface area contributed by atoms with Crippen LogP contribution < -0.4 is 4.74 Å². The molecule has 1 aromatic heterocycles. The Bertz CT molecular complexity index is 1520. The van der Waals surface area contributed by atoms with Gasteiger partial charge in [0.2, 0.25) is 5.91 Å². The van der Waals surface area contributed by atoms with E-state index in [2.05, 4.69) is 26.1 Å². The third-order valence-corrected chi connectivity index (χ3v) is 9.53. The van der Waals surface area contributed by atoms with E-state index in [9.17, 15) is 19.5 Å². The molecule has 0 saturated heterocycles. The van der Waals surface area contributed by atoms with Crippen LogP contribution in [0.4, 0.5) is 0 Å². The highest BCUT2D eigenvalue weighted by atomic mass is 79.9. The number of aliphatic carboxylic acids is 1. The van der Waals surface area contributed by atoms with Crippen LogP contribution in [0.2, 0.25) is 0 Å². The molecule has 2 aromatic carbocycles. The van der Waals surface area contributed by atoms with Crippen molar-refractivity contribution >= 4 is 33.7 Å². The molecule has 1 fully saturated rings. The lowest BCUT2D eigenvalue weighted by molar-refractivity contribution is -0.153. The number of aryl methyl sites for hydroxylation is 1. The zero-order chi connectivity index (χ0) is 29.4.